The molecule has 38 heavy (non-hydrogen) atoms. The molecule has 4 unspecified atom stereocenters. The highest BCUT2D eigenvalue weighted by molar-refractivity contribution is 7.80. The summed E-state index contributed by atoms with van der Waals surface area (Å²) in [4.78, 5) is 53.7. The normalized spacial score (nSPS) is 14.2. The predicted molar refractivity (Wildman–Crippen MR) is 151 cm³/mol. The number of carboxylic acids is 1. The molecule has 0 radical (unpaired) electrons. The second kappa shape index (κ2) is 13.9. The number of carboxylic acid groups (broad SMARTS) is 1. The standard InChI is InChI=1S/C26H31N5O5S2/c27-18(13-37)23(32)29-20(11-16-12-28-19-9-5-4-8-17(16)19)24(33)31-22(14-38)25(34)30-21(26(35)36)10-15-6-2-1-3-7-15/h1-9,12,18,20-22,28,37-38H,10-11,13-14,27H2,(H,29,32)(H,30,34)(H,31,33)(H,35,36). The van der Waals surface area contributed by atoms with E-state index < -0.39 is 47.9 Å². The Hall–Kier alpha value is -3.48. The summed E-state index contributed by atoms with van der Waals surface area (Å²) in [5.74, 6) is -3.15. The van der Waals surface area contributed by atoms with Gasteiger partial charge in [-0.3, -0.25) is 14.4 Å². The van der Waals surface area contributed by atoms with Crippen LogP contribution >= 0.6 is 25.3 Å². The molecular formula is C26H31N5O5S2. The number of carbonyl (C=O) groups is 4. The first-order chi connectivity index (χ1) is 18.2. The lowest BCUT2D eigenvalue weighted by atomic mass is 10.0. The Labute approximate surface area is 230 Å². The van der Waals surface area contributed by atoms with Crippen molar-refractivity contribution in [1.29, 1.82) is 0 Å². The van der Waals surface area contributed by atoms with Gasteiger partial charge in [-0.25, -0.2) is 4.79 Å². The lowest BCUT2D eigenvalue weighted by Crippen LogP contribution is -2.58. The van der Waals surface area contributed by atoms with Crippen LogP contribution in [0.3, 0.4) is 0 Å². The molecule has 0 spiro atoms. The predicted octanol–water partition coefficient (Wildman–Crippen LogP) is 0.679. The van der Waals surface area contributed by atoms with Gasteiger partial charge in [0.15, 0.2) is 0 Å². The van der Waals surface area contributed by atoms with E-state index in [2.05, 4.69) is 46.2 Å². The van der Waals surface area contributed by atoms with Crippen LogP contribution in [0.4, 0.5) is 0 Å². The molecule has 10 nitrogen and oxygen atoms in total. The minimum Gasteiger partial charge on any atom is -0.480 e. The van der Waals surface area contributed by atoms with Crippen LogP contribution in [0.25, 0.3) is 10.9 Å². The molecule has 4 atom stereocenters. The molecule has 7 N–H and O–H groups in total. The number of hydrogen-bond donors (Lipinski definition) is 8. The molecule has 3 amide bonds. The average Bonchev–Trinajstić information content (AvgIpc) is 3.33. The highest BCUT2D eigenvalue weighted by atomic mass is 32.1. The van der Waals surface area contributed by atoms with Gasteiger partial charge in [0, 0.05) is 41.4 Å². The fourth-order valence-electron chi connectivity index (χ4n) is 3.88. The number of H-pyrrole nitrogens is 1. The third kappa shape index (κ3) is 7.76. The van der Waals surface area contributed by atoms with E-state index in [0.717, 1.165) is 22.0 Å². The molecule has 0 aliphatic heterocycles. The number of hydrogen-bond acceptors (Lipinski definition) is 7. The van der Waals surface area contributed by atoms with Crippen LogP contribution in [0, 0.1) is 0 Å². The summed E-state index contributed by atoms with van der Waals surface area (Å²) >= 11 is 8.23. The first-order valence-corrected chi connectivity index (χ1v) is 13.2. The van der Waals surface area contributed by atoms with Crippen molar-refractivity contribution < 1.29 is 24.3 Å². The molecule has 0 aliphatic carbocycles. The van der Waals surface area contributed by atoms with Crippen LogP contribution in [0.15, 0.2) is 60.8 Å². The van der Waals surface area contributed by atoms with Crippen LogP contribution in [0.2, 0.25) is 0 Å². The first-order valence-electron chi connectivity index (χ1n) is 11.9. The minimum absolute atomic E-state index is 0.0655. The summed E-state index contributed by atoms with van der Waals surface area (Å²) in [6.07, 6.45) is 1.93. The van der Waals surface area contributed by atoms with Gasteiger partial charge < -0.3 is 31.8 Å². The van der Waals surface area contributed by atoms with Crippen LogP contribution in [0.1, 0.15) is 11.1 Å². The Bertz CT molecular complexity index is 1270. The molecule has 0 bridgehead atoms. The maximum Gasteiger partial charge on any atom is 0.326 e. The second-order valence-electron chi connectivity index (χ2n) is 8.75. The highest BCUT2D eigenvalue weighted by Crippen LogP contribution is 2.19. The molecule has 0 fully saturated rings. The van der Waals surface area contributed by atoms with E-state index in [1.807, 2.05) is 24.3 Å². The van der Waals surface area contributed by atoms with Crippen molar-refractivity contribution in [2.45, 2.75) is 37.0 Å². The number of aromatic amines is 1. The van der Waals surface area contributed by atoms with E-state index in [4.69, 9.17) is 5.73 Å². The van der Waals surface area contributed by atoms with Gasteiger partial charge in [-0.15, -0.1) is 0 Å². The number of carbonyl (C=O) groups excluding carboxylic acids is 3. The molecular weight excluding hydrogens is 526 g/mol. The van der Waals surface area contributed by atoms with Crippen molar-refractivity contribution in [2.75, 3.05) is 11.5 Å². The van der Waals surface area contributed by atoms with E-state index in [9.17, 15) is 24.3 Å². The SMILES string of the molecule is NC(CS)C(=O)NC(Cc1c[nH]c2ccccc12)C(=O)NC(CS)C(=O)NC(Cc1ccccc1)C(=O)O. The van der Waals surface area contributed by atoms with E-state index in [1.54, 1.807) is 36.5 Å². The second-order valence-corrected chi connectivity index (χ2v) is 9.48. The molecule has 2 aromatic carbocycles. The summed E-state index contributed by atoms with van der Waals surface area (Å²) in [5.41, 5.74) is 8.17. The Morgan fingerprint density at radius 3 is 2.05 bits per heavy atom. The van der Waals surface area contributed by atoms with Crippen molar-refractivity contribution in [3.05, 3.63) is 71.9 Å². The van der Waals surface area contributed by atoms with Crippen LogP contribution in [0.5, 0.6) is 0 Å². The van der Waals surface area contributed by atoms with E-state index in [-0.39, 0.29) is 24.3 Å². The number of nitrogens with one attached hydrogen (secondary N) is 4. The smallest absolute Gasteiger partial charge is 0.326 e. The maximum absolute atomic E-state index is 13.3. The number of aliphatic carboxylic acids is 1. The van der Waals surface area contributed by atoms with Gasteiger partial charge in [0.1, 0.15) is 18.1 Å². The molecule has 3 rings (SSSR count). The minimum atomic E-state index is -1.21. The van der Waals surface area contributed by atoms with Crippen molar-refractivity contribution in [3.8, 4) is 0 Å². The topological polar surface area (TPSA) is 166 Å². The van der Waals surface area contributed by atoms with Gasteiger partial charge in [0.25, 0.3) is 0 Å². The Kier molecular flexibility index (Phi) is 10.6. The zero-order valence-corrected chi connectivity index (χ0v) is 22.3. The zero-order valence-electron chi connectivity index (χ0n) is 20.5. The van der Waals surface area contributed by atoms with Crippen LogP contribution in [-0.4, -0.2) is 69.5 Å². The number of fused-ring (bicyclic) bond motifs is 1. The van der Waals surface area contributed by atoms with E-state index >= 15 is 0 Å². The van der Waals surface area contributed by atoms with Gasteiger partial charge in [-0.1, -0.05) is 48.5 Å². The summed E-state index contributed by atoms with van der Waals surface area (Å²) < 4.78 is 0. The van der Waals surface area contributed by atoms with Crippen molar-refractivity contribution >= 4 is 59.9 Å². The lowest BCUT2D eigenvalue weighted by molar-refractivity contribution is -0.142. The van der Waals surface area contributed by atoms with Gasteiger partial charge >= 0.3 is 5.97 Å². The molecule has 1 heterocycles. The Balaban J connectivity index is 1.75. The molecule has 3 aromatic rings. The van der Waals surface area contributed by atoms with Crippen molar-refractivity contribution in [3.63, 3.8) is 0 Å². The number of para-hydroxylation sites is 1. The molecule has 12 heteroatoms. The van der Waals surface area contributed by atoms with Crippen LogP contribution < -0.4 is 21.7 Å². The number of nitrogens with two attached hydrogens (primary N) is 1. The van der Waals surface area contributed by atoms with Gasteiger partial charge in [0.05, 0.1) is 6.04 Å². The molecule has 0 saturated carbocycles. The van der Waals surface area contributed by atoms with E-state index in [1.165, 1.54) is 0 Å². The van der Waals surface area contributed by atoms with Crippen molar-refractivity contribution in [2.24, 2.45) is 5.73 Å². The quantitative estimate of drug-likeness (QED) is 0.144. The maximum atomic E-state index is 13.3. The molecule has 0 aliphatic rings. The average molecular weight is 558 g/mol. The van der Waals surface area contributed by atoms with Crippen LogP contribution in [-0.2, 0) is 32.0 Å². The summed E-state index contributed by atoms with van der Waals surface area (Å²) in [6, 6.07) is 12.0. The van der Waals surface area contributed by atoms with Gasteiger partial charge in [-0.2, -0.15) is 25.3 Å². The summed E-state index contributed by atoms with van der Waals surface area (Å²) in [5, 5.41) is 18.2. The van der Waals surface area contributed by atoms with Gasteiger partial charge in [0.2, 0.25) is 17.7 Å². The highest BCUT2D eigenvalue weighted by Gasteiger charge is 2.30. The number of thiol groups is 2. The Morgan fingerprint density at radius 2 is 1.39 bits per heavy atom. The number of benzene rings is 2. The summed E-state index contributed by atoms with van der Waals surface area (Å²) in [7, 11) is 0. The van der Waals surface area contributed by atoms with E-state index in [0.29, 0.717) is 0 Å². The third-order valence-electron chi connectivity index (χ3n) is 5.98. The summed E-state index contributed by atoms with van der Waals surface area (Å²) in [6.45, 7) is 0. The lowest BCUT2D eigenvalue weighted by Gasteiger charge is -2.24. The monoisotopic (exact) mass is 557 g/mol. The molecule has 0 saturated heterocycles. The number of amides is 3. The Morgan fingerprint density at radius 1 is 0.789 bits per heavy atom. The fraction of sp³-hybridized carbons (Fsp3) is 0.308. The largest absolute Gasteiger partial charge is 0.480 e. The van der Waals surface area contributed by atoms with Crippen molar-refractivity contribution in [1.82, 2.24) is 20.9 Å². The zero-order chi connectivity index (χ0) is 27.7. The van der Waals surface area contributed by atoms with Gasteiger partial charge in [-0.05, 0) is 17.2 Å². The first kappa shape index (κ1) is 29.1. The fourth-order valence-corrected chi connectivity index (χ4v) is 4.30. The number of rotatable bonds is 13. The molecule has 202 valence electrons. The molecule has 1 aromatic heterocycles. The third-order valence-corrected chi connectivity index (χ3v) is 6.74. The number of aromatic nitrogens is 1.